The van der Waals surface area contributed by atoms with Gasteiger partial charge >= 0.3 is 0 Å². The van der Waals surface area contributed by atoms with E-state index in [1.54, 1.807) is 6.92 Å². The van der Waals surface area contributed by atoms with Gasteiger partial charge in [-0.2, -0.15) is 0 Å². The summed E-state index contributed by atoms with van der Waals surface area (Å²) < 4.78 is 6.15. The molecule has 3 nitrogen and oxygen atoms in total. The Balaban J connectivity index is 2.16. The van der Waals surface area contributed by atoms with Crippen molar-refractivity contribution in [2.45, 2.75) is 52.6 Å². The molecule has 0 spiro atoms. The molecule has 0 aliphatic heterocycles. The summed E-state index contributed by atoms with van der Waals surface area (Å²) in [5.74, 6) is 1.66. The number of benzene rings is 1. The van der Waals surface area contributed by atoms with Crippen LogP contribution in [0.15, 0.2) is 23.4 Å². The van der Waals surface area contributed by atoms with Gasteiger partial charge < -0.3 is 9.94 Å². The summed E-state index contributed by atoms with van der Waals surface area (Å²) in [6.07, 6.45) is 4.99. The number of aryl methyl sites for hydroxylation is 1. The van der Waals surface area contributed by atoms with Crippen LogP contribution >= 0.6 is 0 Å². The molecule has 0 aromatic heterocycles. The molecule has 0 amide bonds. The monoisotopic (exact) mass is 261 g/mol. The van der Waals surface area contributed by atoms with Crippen LogP contribution in [0.4, 0.5) is 0 Å². The predicted molar refractivity (Wildman–Crippen MR) is 77.2 cm³/mol. The van der Waals surface area contributed by atoms with Crippen LogP contribution in [0.3, 0.4) is 0 Å². The highest BCUT2D eigenvalue weighted by Gasteiger charge is 2.21. The van der Waals surface area contributed by atoms with Crippen LogP contribution in [0.1, 0.15) is 50.7 Å². The Hall–Kier alpha value is -1.51. The molecule has 1 N–H and O–H groups in total. The molecule has 0 saturated heterocycles. The fourth-order valence-electron chi connectivity index (χ4n) is 2.61. The van der Waals surface area contributed by atoms with E-state index >= 15 is 0 Å². The zero-order valence-corrected chi connectivity index (χ0v) is 12.0. The quantitative estimate of drug-likeness (QED) is 0.504. The van der Waals surface area contributed by atoms with Crippen molar-refractivity contribution in [3.63, 3.8) is 0 Å². The number of hydrogen-bond donors (Lipinski definition) is 1. The van der Waals surface area contributed by atoms with Crippen LogP contribution in [-0.2, 0) is 0 Å². The second-order valence-electron chi connectivity index (χ2n) is 5.68. The highest BCUT2D eigenvalue weighted by atomic mass is 16.5. The third-order valence-corrected chi connectivity index (χ3v) is 3.93. The topological polar surface area (TPSA) is 41.8 Å². The van der Waals surface area contributed by atoms with Gasteiger partial charge in [-0.15, -0.1) is 0 Å². The predicted octanol–water partition coefficient (Wildman–Crippen LogP) is 4.15. The molecular weight excluding hydrogens is 238 g/mol. The van der Waals surface area contributed by atoms with Gasteiger partial charge in [0.15, 0.2) is 0 Å². The molecule has 1 aliphatic carbocycles. The molecule has 19 heavy (non-hydrogen) atoms. The van der Waals surface area contributed by atoms with Gasteiger partial charge in [-0.25, -0.2) is 0 Å². The molecule has 1 saturated carbocycles. The molecule has 0 bridgehead atoms. The average molecular weight is 261 g/mol. The standard InChI is InChI=1S/C16H23NO2/c1-11-4-7-14(8-5-11)19-16-10-12(2)6-9-15(16)13(3)17-18/h6,9-11,14,18H,4-5,7-8H2,1-3H3. The SMILES string of the molecule is CC(=NO)c1ccc(C)cc1OC1CCC(C)CC1. The normalized spacial score (nSPS) is 24.3. The van der Waals surface area contributed by atoms with E-state index in [-0.39, 0.29) is 0 Å². The van der Waals surface area contributed by atoms with Gasteiger partial charge in [0.1, 0.15) is 5.75 Å². The van der Waals surface area contributed by atoms with Crippen LogP contribution in [0, 0.1) is 12.8 Å². The molecule has 1 aliphatic rings. The molecule has 1 aromatic rings. The highest BCUT2D eigenvalue weighted by Crippen LogP contribution is 2.29. The average Bonchev–Trinajstić information content (AvgIpc) is 2.41. The summed E-state index contributed by atoms with van der Waals surface area (Å²) in [6.45, 7) is 6.14. The Morgan fingerprint density at radius 1 is 1.26 bits per heavy atom. The number of ether oxygens (including phenoxy) is 1. The Morgan fingerprint density at radius 2 is 1.95 bits per heavy atom. The Bertz CT molecular complexity index is 460. The van der Waals surface area contributed by atoms with E-state index in [0.717, 1.165) is 35.6 Å². The lowest BCUT2D eigenvalue weighted by Gasteiger charge is -2.27. The largest absolute Gasteiger partial charge is 0.490 e. The van der Waals surface area contributed by atoms with Crippen LogP contribution in [-0.4, -0.2) is 17.0 Å². The fraction of sp³-hybridized carbons (Fsp3) is 0.562. The van der Waals surface area contributed by atoms with Crippen molar-refractivity contribution in [2.24, 2.45) is 11.1 Å². The third kappa shape index (κ3) is 3.49. The van der Waals surface area contributed by atoms with Gasteiger partial charge in [-0.05, 0) is 63.1 Å². The van der Waals surface area contributed by atoms with E-state index < -0.39 is 0 Å². The van der Waals surface area contributed by atoms with Gasteiger partial charge in [0.2, 0.25) is 0 Å². The molecule has 0 unspecified atom stereocenters. The minimum Gasteiger partial charge on any atom is -0.490 e. The van der Waals surface area contributed by atoms with E-state index in [9.17, 15) is 0 Å². The smallest absolute Gasteiger partial charge is 0.129 e. The molecular formula is C16H23NO2. The maximum Gasteiger partial charge on any atom is 0.129 e. The van der Waals surface area contributed by atoms with Gasteiger partial charge in [0.25, 0.3) is 0 Å². The highest BCUT2D eigenvalue weighted by molar-refractivity contribution is 6.00. The van der Waals surface area contributed by atoms with Crippen LogP contribution < -0.4 is 4.74 Å². The van der Waals surface area contributed by atoms with Gasteiger partial charge in [0.05, 0.1) is 11.8 Å². The lowest BCUT2D eigenvalue weighted by Crippen LogP contribution is -2.23. The lowest BCUT2D eigenvalue weighted by molar-refractivity contribution is 0.135. The number of oxime groups is 1. The second-order valence-corrected chi connectivity index (χ2v) is 5.68. The summed E-state index contributed by atoms with van der Waals surface area (Å²) in [5, 5.41) is 12.2. The second kappa shape index (κ2) is 6.09. The minimum atomic E-state index is 0.295. The van der Waals surface area contributed by atoms with Crippen molar-refractivity contribution in [3.05, 3.63) is 29.3 Å². The minimum absolute atomic E-state index is 0.295. The van der Waals surface area contributed by atoms with Crippen LogP contribution in [0.5, 0.6) is 5.75 Å². The first-order valence-electron chi connectivity index (χ1n) is 7.06. The third-order valence-electron chi connectivity index (χ3n) is 3.93. The maximum atomic E-state index is 8.95. The molecule has 0 atom stereocenters. The van der Waals surface area contributed by atoms with Crippen molar-refractivity contribution in [3.8, 4) is 5.75 Å². The van der Waals surface area contributed by atoms with Gasteiger partial charge in [-0.1, -0.05) is 18.1 Å². The number of nitrogens with zero attached hydrogens (tertiary/aromatic N) is 1. The van der Waals surface area contributed by atoms with E-state index in [1.165, 1.54) is 12.8 Å². The van der Waals surface area contributed by atoms with Crippen LogP contribution in [0.2, 0.25) is 0 Å². The summed E-state index contributed by atoms with van der Waals surface area (Å²) in [6, 6.07) is 6.01. The lowest BCUT2D eigenvalue weighted by atomic mass is 9.89. The van der Waals surface area contributed by atoms with Gasteiger partial charge in [-0.3, -0.25) is 0 Å². The van der Waals surface area contributed by atoms with E-state index in [1.807, 2.05) is 25.1 Å². The first kappa shape index (κ1) is 13.9. The number of hydrogen-bond acceptors (Lipinski definition) is 3. The summed E-state index contributed by atoms with van der Waals surface area (Å²) in [5.41, 5.74) is 2.64. The molecule has 104 valence electrons. The zero-order valence-electron chi connectivity index (χ0n) is 12.0. The fourth-order valence-corrected chi connectivity index (χ4v) is 2.61. The summed E-state index contributed by atoms with van der Waals surface area (Å²) in [7, 11) is 0. The Morgan fingerprint density at radius 3 is 2.58 bits per heavy atom. The van der Waals surface area contributed by atoms with Gasteiger partial charge in [0, 0.05) is 5.56 Å². The van der Waals surface area contributed by atoms with E-state index in [4.69, 9.17) is 9.94 Å². The maximum absolute atomic E-state index is 8.95. The molecule has 2 rings (SSSR count). The molecule has 1 aromatic carbocycles. The molecule has 0 heterocycles. The van der Waals surface area contributed by atoms with Crippen molar-refractivity contribution in [2.75, 3.05) is 0 Å². The van der Waals surface area contributed by atoms with Crippen molar-refractivity contribution < 1.29 is 9.94 Å². The summed E-state index contributed by atoms with van der Waals surface area (Å²) >= 11 is 0. The van der Waals surface area contributed by atoms with E-state index in [0.29, 0.717) is 11.8 Å². The molecule has 3 heteroatoms. The van der Waals surface area contributed by atoms with Crippen molar-refractivity contribution >= 4 is 5.71 Å². The Kier molecular flexibility index (Phi) is 4.46. The zero-order chi connectivity index (χ0) is 13.8. The first-order valence-corrected chi connectivity index (χ1v) is 7.06. The summed E-state index contributed by atoms with van der Waals surface area (Å²) in [4.78, 5) is 0. The number of rotatable bonds is 3. The molecule has 0 radical (unpaired) electrons. The van der Waals surface area contributed by atoms with Crippen molar-refractivity contribution in [1.82, 2.24) is 0 Å². The molecule has 1 fully saturated rings. The first-order chi connectivity index (χ1) is 9.10. The van der Waals surface area contributed by atoms with E-state index in [2.05, 4.69) is 12.1 Å². The van der Waals surface area contributed by atoms with Crippen LogP contribution in [0.25, 0.3) is 0 Å². The Labute approximate surface area is 115 Å². The van der Waals surface area contributed by atoms with Crippen molar-refractivity contribution in [1.29, 1.82) is 0 Å².